The van der Waals surface area contributed by atoms with Crippen LogP contribution in [0.5, 0.6) is 11.5 Å². The van der Waals surface area contributed by atoms with E-state index >= 15 is 0 Å². The summed E-state index contributed by atoms with van der Waals surface area (Å²) in [6.45, 7) is 0.175. The molecule has 1 aliphatic heterocycles. The van der Waals surface area contributed by atoms with Crippen molar-refractivity contribution in [1.82, 2.24) is 25.3 Å². The lowest BCUT2D eigenvalue weighted by Gasteiger charge is -2.05. The number of nitrogens with one attached hydrogen (secondary N) is 2. The molecule has 0 saturated heterocycles. The van der Waals surface area contributed by atoms with Crippen molar-refractivity contribution in [3.8, 4) is 22.9 Å². The Morgan fingerprint density at radius 2 is 2.06 bits per heavy atom. The van der Waals surface area contributed by atoms with Gasteiger partial charge in [0, 0.05) is 30.2 Å². The minimum Gasteiger partial charge on any atom is -0.454 e. The second kappa shape index (κ2) is 9.28. The lowest BCUT2D eigenvalue weighted by atomic mass is 10.2. The van der Waals surface area contributed by atoms with Gasteiger partial charge in [-0.3, -0.25) is 9.89 Å². The molecule has 33 heavy (non-hydrogen) atoms. The molecule has 1 amide bonds. The molecular weight excluding hydrogens is 451 g/mol. The number of carbonyl (C=O) groups excluding carboxylic acids is 1. The number of aromatic nitrogens is 5. The molecule has 2 aromatic heterocycles. The van der Waals surface area contributed by atoms with E-state index in [4.69, 9.17) is 14.0 Å². The van der Waals surface area contributed by atoms with Crippen LogP contribution in [0, 0.1) is 5.82 Å². The van der Waals surface area contributed by atoms with Gasteiger partial charge in [0.05, 0.1) is 5.75 Å². The fraction of sp³-hybridized carbons (Fsp3) is 0.190. The van der Waals surface area contributed by atoms with Crippen LogP contribution in [0.25, 0.3) is 11.4 Å². The van der Waals surface area contributed by atoms with Crippen molar-refractivity contribution in [2.24, 2.45) is 0 Å². The molecule has 0 radical (unpaired) electrons. The number of carbonyl (C=O) groups is 1. The van der Waals surface area contributed by atoms with E-state index in [0.29, 0.717) is 57.6 Å². The summed E-state index contributed by atoms with van der Waals surface area (Å²) in [5, 5.41) is 14.1. The predicted molar refractivity (Wildman–Crippen MR) is 115 cm³/mol. The third kappa shape index (κ3) is 5.12. The Labute approximate surface area is 190 Å². The summed E-state index contributed by atoms with van der Waals surface area (Å²) < 4.78 is 29.1. The number of aryl methyl sites for hydroxylation is 1. The number of aromatic amines is 1. The Hall–Kier alpha value is -3.93. The molecule has 4 aromatic rings. The number of fused-ring (bicyclic) bond motifs is 1. The van der Waals surface area contributed by atoms with Crippen LogP contribution in [-0.4, -0.2) is 38.0 Å². The van der Waals surface area contributed by atoms with Crippen molar-refractivity contribution < 1.29 is 23.2 Å². The average Bonchev–Trinajstić information content (AvgIpc) is 3.57. The normalized spacial score (nSPS) is 12.2. The number of H-pyrrole nitrogens is 1. The molecule has 2 aromatic carbocycles. The first-order valence-electron chi connectivity index (χ1n) is 9.94. The highest BCUT2D eigenvalue weighted by Crippen LogP contribution is 2.34. The highest BCUT2D eigenvalue weighted by Gasteiger charge is 2.15. The van der Waals surface area contributed by atoms with Gasteiger partial charge in [0.2, 0.25) is 23.7 Å². The van der Waals surface area contributed by atoms with Crippen LogP contribution in [0.4, 0.5) is 10.1 Å². The van der Waals surface area contributed by atoms with Gasteiger partial charge in [-0.25, -0.2) is 9.37 Å². The van der Waals surface area contributed by atoms with Gasteiger partial charge in [-0.2, -0.15) is 4.98 Å². The smallest absolute Gasteiger partial charge is 0.231 e. The van der Waals surface area contributed by atoms with Gasteiger partial charge in [0.1, 0.15) is 5.82 Å². The number of hydrogen-bond donors (Lipinski definition) is 2. The molecule has 3 heterocycles. The Morgan fingerprint density at radius 3 is 2.97 bits per heavy atom. The molecule has 10 nitrogen and oxygen atoms in total. The molecule has 5 rings (SSSR count). The van der Waals surface area contributed by atoms with Crippen molar-refractivity contribution in [1.29, 1.82) is 0 Å². The minimum absolute atomic E-state index is 0.175. The Balaban J connectivity index is 1.10. The topological polar surface area (TPSA) is 128 Å². The van der Waals surface area contributed by atoms with E-state index in [2.05, 4.69) is 30.6 Å². The standard InChI is InChI=1S/C21H17FN6O4S/c22-13-3-1-2-12(8-13)20-25-21(27-26-20)33-10-17-24-19(32-28-17)7-6-18(29)23-14-4-5-15-16(9-14)31-11-30-15/h1-5,8-9H,6-7,10-11H2,(H,23,29)(H,25,26,27). The highest BCUT2D eigenvalue weighted by molar-refractivity contribution is 7.98. The average molecular weight is 468 g/mol. The van der Waals surface area contributed by atoms with Gasteiger partial charge in [-0.05, 0) is 24.3 Å². The largest absolute Gasteiger partial charge is 0.454 e. The van der Waals surface area contributed by atoms with E-state index in [-0.39, 0.29) is 24.9 Å². The van der Waals surface area contributed by atoms with Crippen molar-refractivity contribution in [2.45, 2.75) is 23.8 Å². The number of benzene rings is 2. The fourth-order valence-electron chi connectivity index (χ4n) is 3.07. The third-order valence-electron chi connectivity index (χ3n) is 4.63. The van der Waals surface area contributed by atoms with E-state index in [1.807, 2.05) is 0 Å². The summed E-state index contributed by atoms with van der Waals surface area (Å²) in [5.41, 5.74) is 1.23. The molecule has 2 N–H and O–H groups in total. The monoisotopic (exact) mass is 468 g/mol. The number of rotatable bonds is 8. The summed E-state index contributed by atoms with van der Waals surface area (Å²) in [7, 11) is 0. The van der Waals surface area contributed by atoms with Crippen molar-refractivity contribution in [3.05, 3.63) is 60.0 Å². The van der Waals surface area contributed by atoms with Gasteiger partial charge in [-0.15, -0.1) is 5.10 Å². The first kappa shape index (κ1) is 20.9. The van der Waals surface area contributed by atoms with E-state index in [9.17, 15) is 9.18 Å². The van der Waals surface area contributed by atoms with E-state index in [1.165, 1.54) is 23.9 Å². The molecule has 1 aliphatic rings. The molecular formula is C21H17FN6O4S. The van der Waals surface area contributed by atoms with Crippen LogP contribution in [0.15, 0.2) is 52.1 Å². The van der Waals surface area contributed by atoms with Crippen LogP contribution in [-0.2, 0) is 17.0 Å². The number of nitrogens with zero attached hydrogens (tertiary/aromatic N) is 4. The third-order valence-corrected chi connectivity index (χ3v) is 5.47. The number of anilines is 1. The Bertz CT molecular complexity index is 1290. The van der Waals surface area contributed by atoms with Crippen LogP contribution in [0.2, 0.25) is 0 Å². The van der Waals surface area contributed by atoms with Crippen molar-refractivity contribution in [3.63, 3.8) is 0 Å². The summed E-state index contributed by atoms with van der Waals surface area (Å²) in [6.07, 6.45) is 0.486. The van der Waals surface area contributed by atoms with Crippen molar-refractivity contribution >= 4 is 23.4 Å². The molecule has 0 atom stereocenters. The molecule has 0 saturated carbocycles. The maximum atomic E-state index is 13.4. The molecule has 0 bridgehead atoms. The highest BCUT2D eigenvalue weighted by atomic mass is 32.2. The van der Waals surface area contributed by atoms with Gasteiger partial charge >= 0.3 is 0 Å². The van der Waals surface area contributed by atoms with Crippen LogP contribution in [0.1, 0.15) is 18.1 Å². The van der Waals surface area contributed by atoms with Crippen LogP contribution in [0.3, 0.4) is 0 Å². The number of halogens is 1. The van der Waals surface area contributed by atoms with Gasteiger partial charge in [-0.1, -0.05) is 29.1 Å². The maximum absolute atomic E-state index is 13.4. The quantitative estimate of drug-likeness (QED) is 0.373. The van der Waals surface area contributed by atoms with Gasteiger partial charge in [0.25, 0.3) is 0 Å². The SMILES string of the molecule is O=C(CCc1nc(CSc2n[nH]c(-c3cccc(F)c3)n2)no1)Nc1ccc2c(c1)OCO2. The summed E-state index contributed by atoms with van der Waals surface area (Å²) in [4.78, 5) is 20.9. The number of thioether (sulfide) groups is 1. The molecule has 0 aliphatic carbocycles. The Morgan fingerprint density at radius 1 is 1.15 bits per heavy atom. The van der Waals surface area contributed by atoms with E-state index < -0.39 is 0 Å². The Kier molecular flexibility index (Phi) is 5.89. The number of hydrogen-bond acceptors (Lipinski definition) is 9. The second-order valence-corrected chi connectivity index (χ2v) is 7.93. The zero-order valence-electron chi connectivity index (χ0n) is 17.1. The minimum atomic E-state index is -0.345. The number of amides is 1. The summed E-state index contributed by atoms with van der Waals surface area (Å²) in [5.74, 6) is 2.40. The molecule has 0 spiro atoms. The van der Waals surface area contributed by atoms with Crippen molar-refractivity contribution in [2.75, 3.05) is 12.1 Å². The number of ether oxygens (including phenoxy) is 2. The molecule has 168 valence electrons. The zero-order valence-corrected chi connectivity index (χ0v) is 17.9. The maximum Gasteiger partial charge on any atom is 0.231 e. The first-order valence-corrected chi connectivity index (χ1v) is 10.9. The van der Waals surface area contributed by atoms with Gasteiger partial charge < -0.3 is 19.3 Å². The van der Waals surface area contributed by atoms with Gasteiger partial charge in [0.15, 0.2) is 23.1 Å². The summed E-state index contributed by atoms with van der Waals surface area (Å²) >= 11 is 1.31. The predicted octanol–water partition coefficient (Wildman–Crippen LogP) is 3.59. The first-order chi connectivity index (χ1) is 16.1. The lowest BCUT2D eigenvalue weighted by molar-refractivity contribution is -0.116. The van der Waals surface area contributed by atoms with Crippen LogP contribution >= 0.6 is 11.8 Å². The zero-order chi connectivity index (χ0) is 22.6. The fourth-order valence-corrected chi connectivity index (χ4v) is 3.71. The molecule has 12 heteroatoms. The van der Waals surface area contributed by atoms with E-state index in [0.717, 1.165) is 0 Å². The lowest BCUT2D eigenvalue weighted by Crippen LogP contribution is -2.12. The van der Waals surface area contributed by atoms with Crippen LogP contribution < -0.4 is 14.8 Å². The summed E-state index contributed by atoms with van der Waals surface area (Å²) in [6, 6.07) is 11.3. The molecule has 0 unspecified atom stereocenters. The second-order valence-electron chi connectivity index (χ2n) is 6.99. The molecule has 0 fully saturated rings. The van der Waals surface area contributed by atoms with E-state index in [1.54, 1.807) is 30.3 Å².